The van der Waals surface area contributed by atoms with E-state index in [0.29, 0.717) is 35.2 Å². The molecule has 21 heavy (non-hydrogen) atoms. The van der Waals surface area contributed by atoms with Crippen molar-refractivity contribution in [1.29, 1.82) is 0 Å². The van der Waals surface area contributed by atoms with Crippen LogP contribution in [0.4, 0.5) is 0 Å². The minimum Gasteiger partial charge on any atom is -0.497 e. The monoisotopic (exact) mass is 332 g/mol. The molecule has 118 valence electrons. The highest BCUT2D eigenvalue weighted by atomic mass is 35.5. The van der Waals surface area contributed by atoms with Crippen LogP contribution in [-0.4, -0.2) is 63.3 Å². The number of halogens is 1. The fourth-order valence-electron chi connectivity index (χ4n) is 2.49. The average Bonchev–Trinajstić information content (AvgIpc) is 2.47. The lowest BCUT2D eigenvalue weighted by Gasteiger charge is -2.33. The molecule has 0 amide bonds. The smallest absolute Gasteiger partial charge is 0.243 e. The number of benzene rings is 1. The molecular formula is C14H21ClN2O3S. The second-order valence-corrected chi connectivity index (χ2v) is 7.35. The van der Waals surface area contributed by atoms with E-state index in [9.17, 15) is 8.42 Å². The number of piperazine rings is 1. The molecule has 1 aliphatic rings. The Hall–Kier alpha value is -0.820. The Bertz CT molecular complexity index is 584. The van der Waals surface area contributed by atoms with Crippen LogP contribution in [0.2, 0.25) is 0 Å². The molecule has 2 rings (SSSR count). The lowest BCUT2D eigenvalue weighted by molar-refractivity contribution is 0.197. The third kappa shape index (κ3) is 3.69. The minimum absolute atomic E-state index is 0.356. The van der Waals surface area contributed by atoms with Gasteiger partial charge in [0.25, 0.3) is 0 Å². The van der Waals surface area contributed by atoms with E-state index in [1.807, 2.05) is 0 Å². The fourth-order valence-corrected chi connectivity index (χ4v) is 4.36. The van der Waals surface area contributed by atoms with Crippen molar-refractivity contribution in [2.75, 3.05) is 45.7 Å². The number of alkyl halides is 1. The Balaban J connectivity index is 2.16. The number of hydrogen-bond donors (Lipinski definition) is 0. The second kappa shape index (κ2) is 6.96. The quantitative estimate of drug-likeness (QED) is 0.768. The van der Waals surface area contributed by atoms with E-state index in [4.69, 9.17) is 16.3 Å². The Morgan fingerprint density at radius 3 is 2.43 bits per heavy atom. The molecule has 1 saturated heterocycles. The van der Waals surface area contributed by atoms with Crippen LogP contribution in [0, 0.1) is 6.92 Å². The second-order valence-electron chi connectivity index (χ2n) is 5.07. The summed E-state index contributed by atoms with van der Waals surface area (Å²) in [5.74, 6) is 1.24. The van der Waals surface area contributed by atoms with E-state index < -0.39 is 10.0 Å². The van der Waals surface area contributed by atoms with Gasteiger partial charge in [-0.05, 0) is 30.7 Å². The normalized spacial score (nSPS) is 17.9. The van der Waals surface area contributed by atoms with Crippen LogP contribution in [-0.2, 0) is 10.0 Å². The number of aryl methyl sites for hydroxylation is 1. The van der Waals surface area contributed by atoms with E-state index in [0.717, 1.165) is 19.6 Å². The number of rotatable bonds is 5. The zero-order chi connectivity index (χ0) is 15.5. The van der Waals surface area contributed by atoms with Crippen LogP contribution in [0.3, 0.4) is 0 Å². The van der Waals surface area contributed by atoms with E-state index >= 15 is 0 Å². The number of ether oxygens (including phenoxy) is 1. The van der Waals surface area contributed by atoms with Gasteiger partial charge in [0.1, 0.15) is 5.75 Å². The minimum atomic E-state index is -3.44. The molecule has 7 heteroatoms. The first-order chi connectivity index (χ1) is 9.98. The van der Waals surface area contributed by atoms with Gasteiger partial charge >= 0.3 is 0 Å². The Labute approximate surface area is 131 Å². The van der Waals surface area contributed by atoms with Crippen LogP contribution in [0.5, 0.6) is 5.75 Å². The van der Waals surface area contributed by atoms with Crippen LogP contribution in [0.1, 0.15) is 5.56 Å². The summed E-state index contributed by atoms with van der Waals surface area (Å²) in [5, 5.41) is 0. The van der Waals surface area contributed by atoms with Crippen molar-refractivity contribution in [1.82, 2.24) is 9.21 Å². The average molecular weight is 333 g/mol. The number of nitrogens with zero attached hydrogens (tertiary/aromatic N) is 2. The van der Waals surface area contributed by atoms with Gasteiger partial charge in [0.05, 0.1) is 12.0 Å². The molecule has 0 unspecified atom stereocenters. The molecule has 1 aromatic rings. The first-order valence-corrected chi connectivity index (χ1v) is 8.89. The van der Waals surface area contributed by atoms with Gasteiger partial charge in [0, 0.05) is 38.6 Å². The summed E-state index contributed by atoms with van der Waals surface area (Å²) in [5.41, 5.74) is 0.706. The fraction of sp³-hybridized carbons (Fsp3) is 0.571. The Kier molecular flexibility index (Phi) is 5.48. The lowest BCUT2D eigenvalue weighted by Crippen LogP contribution is -2.49. The molecule has 1 fully saturated rings. The molecule has 1 aromatic carbocycles. The van der Waals surface area contributed by atoms with Gasteiger partial charge in [0.15, 0.2) is 0 Å². The number of sulfonamides is 1. The molecule has 5 nitrogen and oxygen atoms in total. The van der Waals surface area contributed by atoms with Crippen molar-refractivity contribution in [3.63, 3.8) is 0 Å². The van der Waals surface area contributed by atoms with Gasteiger partial charge in [-0.3, -0.25) is 4.90 Å². The van der Waals surface area contributed by atoms with Gasteiger partial charge in [-0.2, -0.15) is 4.31 Å². The van der Waals surface area contributed by atoms with Gasteiger partial charge in [-0.25, -0.2) is 8.42 Å². The Morgan fingerprint density at radius 2 is 1.90 bits per heavy atom. The van der Waals surface area contributed by atoms with Crippen LogP contribution in [0.15, 0.2) is 23.1 Å². The van der Waals surface area contributed by atoms with Gasteiger partial charge in [-0.1, -0.05) is 0 Å². The molecule has 1 heterocycles. The van der Waals surface area contributed by atoms with E-state index in [1.54, 1.807) is 36.5 Å². The highest BCUT2D eigenvalue weighted by Crippen LogP contribution is 2.24. The third-order valence-corrected chi connectivity index (χ3v) is 5.96. The topological polar surface area (TPSA) is 49.9 Å². The van der Waals surface area contributed by atoms with Crippen molar-refractivity contribution in [2.24, 2.45) is 0 Å². The highest BCUT2D eigenvalue weighted by Gasteiger charge is 2.29. The highest BCUT2D eigenvalue weighted by molar-refractivity contribution is 7.89. The standard InChI is InChI=1S/C14H21ClN2O3S/c1-12-11-13(20-2)3-4-14(12)21(18,19)17-9-7-16(6-5-15)8-10-17/h3-4,11H,5-10H2,1-2H3. The molecule has 0 aliphatic carbocycles. The first-order valence-electron chi connectivity index (χ1n) is 6.92. The zero-order valence-electron chi connectivity index (χ0n) is 12.4. The van der Waals surface area contributed by atoms with E-state index in [2.05, 4.69) is 4.90 Å². The summed E-state index contributed by atoms with van der Waals surface area (Å²) in [6.07, 6.45) is 0. The lowest BCUT2D eigenvalue weighted by atomic mass is 10.2. The van der Waals surface area contributed by atoms with Crippen molar-refractivity contribution in [3.05, 3.63) is 23.8 Å². The van der Waals surface area contributed by atoms with E-state index in [-0.39, 0.29) is 0 Å². The molecule has 0 aromatic heterocycles. The van der Waals surface area contributed by atoms with Gasteiger partial charge in [0.2, 0.25) is 10.0 Å². The molecule has 0 saturated carbocycles. The van der Waals surface area contributed by atoms with Crippen LogP contribution >= 0.6 is 11.6 Å². The molecule has 0 radical (unpaired) electrons. The zero-order valence-corrected chi connectivity index (χ0v) is 14.0. The SMILES string of the molecule is COc1ccc(S(=O)(=O)N2CCN(CCCl)CC2)c(C)c1. The molecule has 0 N–H and O–H groups in total. The maximum absolute atomic E-state index is 12.7. The molecule has 0 bridgehead atoms. The first kappa shape index (κ1) is 16.5. The van der Waals surface area contributed by atoms with Crippen LogP contribution in [0.25, 0.3) is 0 Å². The number of hydrogen-bond acceptors (Lipinski definition) is 4. The van der Waals surface area contributed by atoms with Crippen molar-refractivity contribution < 1.29 is 13.2 Å². The molecular weight excluding hydrogens is 312 g/mol. The molecule has 0 atom stereocenters. The van der Waals surface area contributed by atoms with Gasteiger partial charge in [-0.15, -0.1) is 11.6 Å². The van der Waals surface area contributed by atoms with Crippen molar-refractivity contribution >= 4 is 21.6 Å². The molecule has 0 spiro atoms. The summed E-state index contributed by atoms with van der Waals surface area (Å²) in [4.78, 5) is 2.54. The summed E-state index contributed by atoms with van der Waals surface area (Å²) >= 11 is 5.72. The van der Waals surface area contributed by atoms with E-state index in [1.165, 1.54) is 0 Å². The summed E-state index contributed by atoms with van der Waals surface area (Å²) in [6.45, 7) is 5.05. The predicted octanol–water partition coefficient (Wildman–Crippen LogP) is 1.55. The largest absolute Gasteiger partial charge is 0.497 e. The van der Waals surface area contributed by atoms with Crippen LogP contribution < -0.4 is 4.74 Å². The van der Waals surface area contributed by atoms with Gasteiger partial charge < -0.3 is 4.74 Å². The summed E-state index contributed by atoms with van der Waals surface area (Å²) < 4.78 is 32.1. The third-order valence-electron chi connectivity index (χ3n) is 3.73. The summed E-state index contributed by atoms with van der Waals surface area (Å²) in [7, 11) is -1.87. The van der Waals surface area contributed by atoms with Crippen molar-refractivity contribution in [3.8, 4) is 5.75 Å². The van der Waals surface area contributed by atoms with Crippen molar-refractivity contribution in [2.45, 2.75) is 11.8 Å². The Morgan fingerprint density at radius 1 is 1.24 bits per heavy atom. The maximum atomic E-state index is 12.7. The summed E-state index contributed by atoms with van der Waals surface area (Å²) in [6, 6.07) is 5.05. The molecule has 1 aliphatic heterocycles. The predicted molar refractivity (Wildman–Crippen MR) is 83.6 cm³/mol. The number of methoxy groups -OCH3 is 1. The maximum Gasteiger partial charge on any atom is 0.243 e.